The van der Waals surface area contributed by atoms with E-state index in [1.807, 2.05) is 22.9 Å². The SMILES string of the molecule is COc1cccc(CN2CCC3(CC2)CC(O)CN(C)C3)c1OCCn1ccnc1. The Bertz CT molecular complexity index is 791. The fourth-order valence-corrected chi connectivity index (χ4v) is 5.10. The molecule has 1 N–H and O–H groups in total. The molecule has 2 saturated heterocycles. The maximum Gasteiger partial charge on any atom is 0.165 e. The molecule has 1 atom stereocenters. The molecule has 0 bridgehead atoms. The summed E-state index contributed by atoms with van der Waals surface area (Å²) in [7, 11) is 3.82. The lowest BCUT2D eigenvalue weighted by atomic mass is 9.71. The van der Waals surface area contributed by atoms with Crippen LogP contribution in [0, 0.1) is 5.41 Å². The van der Waals surface area contributed by atoms with Crippen LogP contribution >= 0.6 is 0 Å². The maximum atomic E-state index is 10.3. The van der Waals surface area contributed by atoms with Gasteiger partial charge >= 0.3 is 0 Å². The molecule has 2 fully saturated rings. The van der Waals surface area contributed by atoms with Crippen LogP contribution in [-0.2, 0) is 13.1 Å². The van der Waals surface area contributed by atoms with E-state index >= 15 is 0 Å². The van der Waals surface area contributed by atoms with Crippen LogP contribution in [0.2, 0.25) is 0 Å². The van der Waals surface area contributed by atoms with Crippen molar-refractivity contribution in [3.8, 4) is 11.5 Å². The summed E-state index contributed by atoms with van der Waals surface area (Å²) < 4.78 is 13.8. The van der Waals surface area contributed by atoms with Gasteiger partial charge in [-0.25, -0.2) is 4.98 Å². The van der Waals surface area contributed by atoms with Gasteiger partial charge in [-0.05, 0) is 50.9 Å². The van der Waals surface area contributed by atoms with Crippen molar-refractivity contribution < 1.29 is 14.6 Å². The Balaban J connectivity index is 1.38. The first-order chi connectivity index (χ1) is 14.6. The molecule has 0 saturated carbocycles. The van der Waals surface area contributed by atoms with Gasteiger partial charge in [0.15, 0.2) is 11.5 Å². The van der Waals surface area contributed by atoms with Crippen molar-refractivity contribution in [1.82, 2.24) is 19.4 Å². The quantitative estimate of drug-likeness (QED) is 0.750. The van der Waals surface area contributed by atoms with Crippen LogP contribution in [0.3, 0.4) is 0 Å². The molecule has 1 aromatic carbocycles. The Kier molecular flexibility index (Phi) is 6.61. The number of ether oxygens (including phenoxy) is 2. The molecule has 7 nitrogen and oxygen atoms in total. The van der Waals surface area contributed by atoms with Crippen LogP contribution in [0.5, 0.6) is 11.5 Å². The van der Waals surface area contributed by atoms with Gasteiger partial charge in [0.1, 0.15) is 6.61 Å². The van der Waals surface area contributed by atoms with E-state index in [0.29, 0.717) is 6.61 Å². The smallest absolute Gasteiger partial charge is 0.165 e. The van der Waals surface area contributed by atoms with Crippen molar-refractivity contribution >= 4 is 0 Å². The summed E-state index contributed by atoms with van der Waals surface area (Å²) in [6.45, 7) is 6.16. The molecule has 0 radical (unpaired) electrons. The molecule has 3 heterocycles. The van der Waals surface area contributed by atoms with E-state index in [1.165, 1.54) is 0 Å². The monoisotopic (exact) mass is 414 g/mol. The third-order valence-corrected chi connectivity index (χ3v) is 6.54. The topological polar surface area (TPSA) is 63.0 Å². The van der Waals surface area contributed by atoms with E-state index in [1.54, 1.807) is 19.6 Å². The number of hydrogen-bond acceptors (Lipinski definition) is 6. The Morgan fingerprint density at radius 1 is 1.27 bits per heavy atom. The highest BCUT2D eigenvalue weighted by atomic mass is 16.5. The molecule has 30 heavy (non-hydrogen) atoms. The molecular weight excluding hydrogens is 380 g/mol. The number of aliphatic hydroxyl groups is 1. The second-order valence-electron chi connectivity index (χ2n) is 8.93. The number of nitrogens with zero attached hydrogens (tertiary/aromatic N) is 4. The number of para-hydroxylation sites is 1. The molecule has 2 aliphatic heterocycles. The van der Waals surface area contributed by atoms with Crippen LogP contribution in [0.15, 0.2) is 36.9 Å². The molecule has 1 spiro atoms. The van der Waals surface area contributed by atoms with Gasteiger partial charge in [0.2, 0.25) is 0 Å². The molecule has 1 unspecified atom stereocenters. The standard InChI is InChI=1S/C23H34N4O3/c1-25-16-20(28)14-23(17-25)6-9-26(10-7-23)15-19-4-3-5-21(29-2)22(19)30-13-12-27-11-8-24-18-27/h3-5,8,11,18,20,28H,6-7,9-10,12-17H2,1-2H3. The fourth-order valence-electron chi connectivity index (χ4n) is 5.10. The van der Waals surface area contributed by atoms with Gasteiger partial charge in [-0.2, -0.15) is 0 Å². The number of piperidine rings is 2. The highest BCUT2D eigenvalue weighted by Crippen LogP contribution is 2.40. The molecule has 7 heteroatoms. The largest absolute Gasteiger partial charge is 0.493 e. The average molecular weight is 415 g/mol. The zero-order valence-corrected chi connectivity index (χ0v) is 18.2. The number of rotatable bonds is 7. The summed E-state index contributed by atoms with van der Waals surface area (Å²) in [5, 5.41) is 10.3. The lowest BCUT2D eigenvalue weighted by molar-refractivity contribution is -0.0331. The van der Waals surface area contributed by atoms with E-state index in [-0.39, 0.29) is 11.5 Å². The minimum absolute atomic E-state index is 0.191. The average Bonchev–Trinajstić information content (AvgIpc) is 3.23. The minimum Gasteiger partial charge on any atom is -0.493 e. The Morgan fingerprint density at radius 2 is 2.10 bits per heavy atom. The third-order valence-electron chi connectivity index (χ3n) is 6.54. The normalized spacial score (nSPS) is 22.3. The maximum absolute atomic E-state index is 10.3. The van der Waals surface area contributed by atoms with Crippen molar-refractivity contribution in [2.75, 3.05) is 46.9 Å². The summed E-state index contributed by atoms with van der Waals surface area (Å²) in [6.07, 6.45) is 8.54. The summed E-state index contributed by atoms with van der Waals surface area (Å²) in [5.41, 5.74) is 1.43. The van der Waals surface area contributed by atoms with Crippen molar-refractivity contribution in [2.24, 2.45) is 5.41 Å². The molecule has 2 aromatic rings. The predicted molar refractivity (Wildman–Crippen MR) is 116 cm³/mol. The van der Waals surface area contributed by atoms with Gasteiger partial charge in [-0.15, -0.1) is 0 Å². The van der Waals surface area contributed by atoms with Crippen molar-refractivity contribution in [3.63, 3.8) is 0 Å². The molecule has 4 rings (SSSR count). The van der Waals surface area contributed by atoms with Crippen LogP contribution in [0.1, 0.15) is 24.8 Å². The van der Waals surface area contributed by atoms with E-state index in [4.69, 9.17) is 9.47 Å². The van der Waals surface area contributed by atoms with Gasteiger partial charge in [0.25, 0.3) is 0 Å². The highest BCUT2D eigenvalue weighted by molar-refractivity contribution is 5.46. The number of methoxy groups -OCH3 is 1. The van der Waals surface area contributed by atoms with E-state index in [0.717, 1.165) is 75.6 Å². The van der Waals surface area contributed by atoms with Crippen LogP contribution in [0.25, 0.3) is 0 Å². The third kappa shape index (κ3) is 4.96. The zero-order chi connectivity index (χ0) is 21.0. The van der Waals surface area contributed by atoms with Gasteiger partial charge in [-0.1, -0.05) is 12.1 Å². The van der Waals surface area contributed by atoms with Gasteiger partial charge in [0.05, 0.1) is 26.1 Å². The molecule has 1 aromatic heterocycles. The minimum atomic E-state index is -0.191. The lowest BCUT2D eigenvalue weighted by Crippen LogP contribution is -2.52. The van der Waals surface area contributed by atoms with Crippen LogP contribution in [0.4, 0.5) is 0 Å². The fraction of sp³-hybridized carbons (Fsp3) is 0.609. The molecule has 0 aliphatic carbocycles. The highest BCUT2D eigenvalue weighted by Gasteiger charge is 2.40. The number of likely N-dealkylation sites (N-methyl/N-ethyl adjacent to an activating group) is 1. The van der Waals surface area contributed by atoms with Crippen LogP contribution in [-0.4, -0.2) is 77.5 Å². The van der Waals surface area contributed by atoms with Gasteiger partial charge in [-0.3, -0.25) is 4.90 Å². The summed E-state index contributed by atoms with van der Waals surface area (Å²) in [6, 6.07) is 6.13. The second kappa shape index (κ2) is 9.37. The van der Waals surface area contributed by atoms with Gasteiger partial charge in [0, 0.05) is 37.6 Å². The van der Waals surface area contributed by atoms with E-state index in [2.05, 4.69) is 27.9 Å². The number of hydrogen-bond donors (Lipinski definition) is 1. The van der Waals surface area contributed by atoms with E-state index in [9.17, 15) is 5.11 Å². The van der Waals surface area contributed by atoms with Crippen molar-refractivity contribution in [1.29, 1.82) is 0 Å². The first kappa shape index (κ1) is 21.2. The Morgan fingerprint density at radius 3 is 2.80 bits per heavy atom. The van der Waals surface area contributed by atoms with Crippen molar-refractivity contribution in [3.05, 3.63) is 42.5 Å². The first-order valence-corrected chi connectivity index (χ1v) is 10.9. The molecule has 2 aliphatic rings. The number of benzene rings is 1. The second-order valence-corrected chi connectivity index (χ2v) is 8.93. The lowest BCUT2D eigenvalue weighted by Gasteiger charge is -2.48. The Hall–Kier alpha value is -2.09. The number of aromatic nitrogens is 2. The summed E-state index contributed by atoms with van der Waals surface area (Å²) in [4.78, 5) is 8.87. The predicted octanol–water partition coefficient (Wildman–Crippen LogP) is 2.25. The molecule has 164 valence electrons. The molecular formula is C23H34N4O3. The van der Waals surface area contributed by atoms with Gasteiger partial charge < -0.3 is 24.0 Å². The summed E-state index contributed by atoms with van der Waals surface area (Å²) >= 11 is 0. The number of β-amino-alcohol motifs (C(OH)–C–C–N with tert-alkyl or cyclic N) is 1. The number of imidazole rings is 1. The van der Waals surface area contributed by atoms with Crippen LogP contribution < -0.4 is 9.47 Å². The Labute approximate surface area is 179 Å². The van der Waals surface area contributed by atoms with Crippen molar-refractivity contribution in [2.45, 2.75) is 38.5 Å². The molecule has 0 amide bonds. The number of likely N-dealkylation sites (tertiary alicyclic amines) is 2. The summed E-state index contributed by atoms with van der Waals surface area (Å²) in [5.74, 6) is 1.62. The zero-order valence-electron chi connectivity index (χ0n) is 18.2. The number of aliphatic hydroxyl groups excluding tert-OH is 1. The van der Waals surface area contributed by atoms with E-state index < -0.39 is 0 Å². The first-order valence-electron chi connectivity index (χ1n) is 10.9.